The summed E-state index contributed by atoms with van der Waals surface area (Å²) in [5, 5.41) is 9.03. The number of sulfonamides is 1. The van der Waals surface area contributed by atoms with Crippen molar-refractivity contribution < 1.29 is 27.8 Å². The molecular weight excluding hydrogens is 322 g/mol. The molecule has 23 heavy (non-hydrogen) atoms. The fourth-order valence-electron chi connectivity index (χ4n) is 1.95. The van der Waals surface area contributed by atoms with Gasteiger partial charge in [0.15, 0.2) is 0 Å². The molecule has 2 N–H and O–H groups in total. The van der Waals surface area contributed by atoms with Crippen LogP contribution in [0.2, 0.25) is 0 Å². The predicted molar refractivity (Wildman–Crippen MR) is 83.8 cm³/mol. The van der Waals surface area contributed by atoms with Crippen LogP contribution in [0.3, 0.4) is 0 Å². The number of carboxylic acids is 1. The minimum atomic E-state index is -4.06. The maximum absolute atomic E-state index is 12.6. The van der Waals surface area contributed by atoms with Gasteiger partial charge in [-0.25, -0.2) is 13.2 Å². The number of methoxy groups -OCH3 is 2. The van der Waals surface area contributed by atoms with Crippen LogP contribution < -0.4 is 14.2 Å². The normalized spacial score (nSPS) is 10.9. The number of hydrogen-bond donors (Lipinski definition) is 2. The van der Waals surface area contributed by atoms with E-state index in [0.717, 1.165) is 6.07 Å². The molecule has 0 aliphatic carbocycles. The Morgan fingerprint density at radius 3 is 2.30 bits per heavy atom. The van der Waals surface area contributed by atoms with Gasteiger partial charge in [0.25, 0.3) is 10.0 Å². The summed E-state index contributed by atoms with van der Waals surface area (Å²) in [5.41, 5.74) is 0.0731. The van der Waals surface area contributed by atoms with Crippen molar-refractivity contribution in [2.24, 2.45) is 0 Å². The maximum atomic E-state index is 12.6. The number of carboxylic acid groups (broad SMARTS) is 1. The van der Waals surface area contributed by atoms with Crippen LogP contribution >= 0.6 is 0 Å². The average molecular weight is 337 g/mol. The Kier molecular flexibility index (Phi) is 4.75. The van der Waals surface area contributed by atoms with Crippen LogP contribution in [0.15, 0.2) is 47.4 Å². The lowest BCUT2D eigenvalue weighted by Gasteiger charge is -2.14. The smallest absolute Gasteiger partial charge is 0.335 e. The Morgan fingerprint density at radius 2 is 1.70 bits per heavy atom. The van der Waals surface area contributed by atoms with Crippen molar-refractivity contribution >= 4 is 21.7 Å². The highest BCUT2D eigenvalue weighted by atomic mass is 32.2. The van der Waals surface area contributed by atoms with Crippen molar-refractivity contribution in [1.29, 1.82) is 0 Å². The second kappa shape index (κ2) is 6.57. The minimum absolute atomic E-state index is 0.0393. The molecule has 0 aromatic heterocycles. The lowest BCUT2D eigenvalue weighted by Crippen LogP contribution is -2.15. The lowest BCUT2D eigenvalue weighted by atomic mass is 10.2. The third kappa shape index (κ3) is 3.54. The Balaban J connectivity index is 2.50. The van der Waals surface area contributed by atoms with Crippen molar-refractivity contribution in [2.45, 2.75) is 4.90 Å². The molecule has 0 unspecified atom stereocenters. The molecule has 0 atom stereocenters. The lowest BCUT2D eigenvalue weighted by molar-refractivity contribution is 0.0696. The Labute approximate surface area is 133 Å². The number of ether oxygens (including phenoxy) is 2. The molecule has 7 nitrogen and oxygen atoms in total. The molecule has 122 valence electrons. The van der Waals surface area contributed by atoms with Gasteiger partial charge < -0.3 is 14.6 Å². The molecule has 0 saturated heterocycles. The summed E-state index contributed by atoms with van der Waals surface area (Å²) >= 11 is 0. The number of aromatic carboxylic acids is 1. The van der Waals surface area contributed by atoms with E-state index in [1.807, 2.05) is 0 Å². The molecule has 8 heteroatoms. The first kappa shape index (κ1) is 16.6. The molecule has 0 fully saturated rings. The first-order valence-electron chi connectivity index (χ1n) is 6.46. The second-order valence-electron chi connectivity index (χ2n) is 4.48. The first-order valence-corrected chi connectivity index (χ1v) is 7.94. The van der Waals surface area contributed by atoms with E-state index in [0.29, 0.717) is 5.75 Å². The number of benzene rings is 2. The van der Waals surface area contributed by atoms with E-state index in [1.165, 1.54) is 32.4 Å². The summed E-state index contributed by atoms with van der Waals surface area (Å²) in [5.74, 6) is -0.858. The quantitative estimate of drug-likeness (QED) is 0.838. The fraction of sp³-hybridized carbons (Fsp3) is 0.133. The van der Waals surface area contributed by atoms with Gasteiger partial charge in [-0.15, -0.1) is 0 Å². The Hall–Kier alpha value is -2.74. The van der Waals surface area contributed by atoms with Crippen molar-refractivity contribution in [1.82, 2.24) is 0 Å². The molecule has 0 radical (unpaired) electrons. The molecule has 0 amide bonds. The van der Waals surface area contributed by atoms with Gasteiger partial charge in [0.05, 0.1) is 25.5 Å². The number of rotatable bonds is 6. The predicted octanol–water partition coefficient (Wildman–Crippen LogP) is 2.20. The maximum Gasteiger partial charge on any atom is 0.335 e. The third-order valence-corrected chi connectivity index (χ3v) is 4.44. The zero-order valence-electron chi connectivity index (χ0n) is 12.4. The van der Waals surface area contributed by atoms with Crippen LogP contribution in [-0.4, -0.2) is 33.7 Å². The Bertz CT molecular complexity index is 832. The summed E-state index contributed by atoms with van der Waals surface area (Å²) in [7, 11) is -1.34. The SMILES string of the molecule is COc1ccccc1NS(=O)(=O)c1cc(C(=O)O)ccc1OC. The van der Waals surface area contributed by atoms with Crippen LogP contribution in [0.25, 0.3) is 0 Å². The summed E-state index contributed by atoms with van der Waals surface area (Å²) in [6, 6.07) is 10.1. The zero-order valence-corrected chi connectivity index (χ0v) is 13.3. The van der Waals surface area contributed by atoms with Crippen molar-refractivity contribution in [3.05, 3.63) is 48.0 Å². The van der Waals surface area contributed by atoms with Crippen molar-refractivity contribution in [2.75, 3.05) is 18.9 Å². The van der Waals surface area contributed by atoms with Gasteiger partial charge in [0.1, 0.15) is 16.4 Å². The molecular formula is C15H15NO6S. The van der Waals surface area contributed by atoms with E-state index in [1.54, 1.807) is 18.2 Å². The van der Waals surface area contributed by atoms with Gasteiger partial charge in [0.2, 0.25) is 0 Å². The highest BCUT2D eigenvalue weighted by molar-refractivity contribution is 7.92. The average Bonchev–Trinajstić information content (AvgIpc) is 2.54. The second-order valence-corrected chi connectivity index (χ2v) is 6.13. The van der Waals surface area contributed by atoms with Gasteiger partial charge in [-0.1, -0.05) is 12.1 Å². The monoisotopic (exact) mass is 337 g/mol. The Morgan fingerprint density at radius 1 is 1.04 bits per heavy atom. The van der Waals surface area contributed by atoms with Crippen LogP contribution in [0.4, 0.5) is 5.69 Å². The van der Waals surface area contributed by atoms with E-state index < -0.39 is 16.0 Å². The molecule has 0 bridgehead atoms. The first-order chi connectivity index (χ1) is 10.9. The number of carbonyl (C=O) groups is 1. The summed E-state index contributed by atoms with van der Waals surface area (Å²) in [4.78, 5) is 10.8. The number of hydrogen-bond acceptors (Lipinski definition) is 5. The molecule has 2 aromatic rings. The molecule has 2 rings (SSSR count). The van der Waals surface area contributed by atoms with Crippen LogP contribution in [0.1, 0.15) is 10.4 Å². The number of nitrogens with one attached hydrogen (secondary N) is 1. The molecule has 0 aliphatic rings. The highest BCUT2D eigenvalue weighted by Gasteiger charge is 2.22. The van der Waals surface area contributed by atoms with Gasteiger partial charge >= 0.3 is 5.97 Å². The van der Waals surface area contributed by atoms with E-state index in [4.69, 9.17) is 14.6 Å². The van der Waals surface area contributed by atoms with Gasteiger partial charge in [-0.05, 0) is 30.3 Å². The van der Waals surface area contributed by atoms with E-state index in [-0.39, 0.29) is 21.9 Å². The summed E-state index contributed by atoms with van der Waals surface area (Å²) < 4.78 is 37.6. The standard InChI is InChI=1S/C15H15NO6S/c1-21-12-6-4-3-5-11(12)16-23(19,20)14-9-10(15(17)18)7-8-13(14)22-2/h3-9,16H,1-2H3,(H,17,18). The molecule has 0 heterocycles. The number of anilines is 1. The molecule has 0 aliphatic heterocycles. The molecule has 0 spiro atoms. The summed E-state index contributed by atoms with van der Waals surface area (Å²) in [6.07, 6.45) is 0. The molecule has 0 saturated carbocycles. The van der Waals surface area contributed by atoms with Gasteiger partial charge in [0, 0.05) is 0 Å². The van der Waals surface area contributed by atoms with E-state index in [9.17, 15) is 13.2 Å². The van der Waals surface area contributed by atoms with Crippen molar-refractivity contribution in [3.63, 3.8) is 0 Å². The van der Waals surface area contributed by atoms with Crippen LogP contribution in [-0.2, 0) is 10.0 Å². The number of para-hydroxylation sites is 2. The largest absolute Gasteiger partial charge is 0.495 e. The summed E-state index contributed by atoms with van der Waals surface area (Å²) in [6.45, 7) is 0. The van der Waals surface area contributed by atoms with Gasteiger partial charge in [-0.2, -0.15) is 0 Å². The van der Waals surface area contributed by atoms with E-state index in [2.05, 4.69) is 4.72 Å². The fourth-order valence-corrected chi connectivity index (χ4v) is 3.21. The topological polar surface area (TPSA) is 102 Å². The molecule has 2 aromatic carbocycles. The van der Waals surface area contributed by atoms with Crippen LogP contribution in [0.5, 0.6) is 11.5 Å². The minimum Gasteiger partial charge on any atom is -0.495 e. The highest BCUT2D eigenvalue weighted by Crippen LogP contribution is 2.30. The zero-order chi connectivity index (χ0) is 17.0. The third-order valence-electron chi connectivity index (χ3n) is 3.05. The van der Waals surface area contributed by atoms with Crippen molar-refractivity contribution in [3.8, 4) is 11.5 Å². The van der Waals surface area contributed by atoms with Crippen LogP contribution in [0, 0.1) is 0 Å². The van der Waals surface area contributed by atoms with E-state index >= 15 is 0 Å². The van der Waals surface area contributed by atoms with Gasteiger partial charge in [-0.3, -0.25) is 4.72 Å².